The minimum absolute atomic E-state index is 0. The van der Waals surface area contributed by atoms with E-state index in [1.165, 1.54) is 0 Å². The van der Waals surface area contributed by atoms with Gasteiger partial charge in [-0.05, 0) is 72.4 Å². The molecular formula is C23H31FeN3O2. The summed E-state index contributed by atoms with van der Waals surface area (Å²) >= 11 is 0. The molecular weight excluding hydrogens is 406 g/mol. The molecule has 0 saturated heterocycles. The van der Waals surface area contributed by atoms with Crippen LogP contribution in [0.25, 0.3) is 21.8 Å². The summed E-state index contributed by atoms with van der Waals surface area (Å²) in [6.07, 6.45) is 0. The number of aromatic nitrogens is 1. The van der Waals surface area contributed by atoms with Gasteiger partial charge in [0.1, 0.15) is 24.7 Å². The molecule has 0 aliphatic carbocycles. The Labute approximate surface area is 184 Å². The molecule has 5 nitrogen and oxygen atoms in total. The third kappa shape index (κ3) is 6.06. The molecule has 0 saturated carbocycles. The average molecular weight is 437 g/mol. The fourth-order valence-electron chi connectivity index (χ4n) is 2.69. The molecule has 2 atom stereocenters. The molecule has 0 amide bonds. The third-order valence-electron chi connectivity index (χ3n) is 5.30. The van der Waals surface area contributed by atoms with Gasteiger partial charge in [-0.3, -0.25) is 0 Å². The fourth-order valence-corrected chi connectivity index (χ4v) is 2.69. The van der Waals surface area contributed by atoms with Crippen LogP contribution in [0, 0.1) is 0 Å². The molecule has 0 bridgehead atoms. The summed E-state index contributed by atoms with van der Waals surface area (Å²) in [6.45, 7) is 5.58. The number of likely N-dealkylation sites (N-methyl/N-ethyl adjacent to an activating group) is 2. The van der Waals surface area contributed by atoms with E-state index in [1.807, 2.05) is 24.3 Å². The fraction of sp³-hybridized carbons (Fsp3) is 0.435. The quantitative estimate of drug-likeness (QED) is 0.393. The Bertz CT molecular complexity index is 873. The predicted molar refractivity (Wildman–Crippen MR) is 117 cm³/mol. The molecule has 0 aliphatic heterocycles. The van der Waals surface area contributed by atoms with Crippen molar-refractivity contribution in [1.82, 2.24) is 14.8 Å². The number of hydrogen-bond donors (Lipinski definition) is 0. The molecule has 29 heavy (non-hydrogen) atoms. The van der Waals surface area contributed by atoms with Gasteiger partial charge in [0.05, 0.1) is 11.0 Å². The van der Waals surface area contributed by atoms with Gasteiger partial charge < -0.3 is 19.3 Å². The van der Waals surface area contributed by atoms with E-state index in [-0.39, 0.29) is 17.1 Å². The molecule has 2 aromatic carbocycles. The van der Waals surface area contributed by atoms with E-state index in [4.69, 9.17) is 14.5 Å². The first-order valence-corrected chi connectivity index (χ1v) is 9.76. The van der Waals surface area contributed by atoms with Crippen LogP contribution >= 0.6 is 0 Å². The molecule has 1 aromatic heterocycles. The number of ether oxygens (including phenoxy) is 2. The molecule has 0 aliphatic rings. The van der Waals surface area contributed by atoms with Crippen molar-refractivity contribution in [3.05, 3.63) is 42.5 Å². The normalized spacial score (nSPS) is 13.5. The van der Waals surface area contributed by atoms with E-state index >= 15 is 0 Å². The number of benzene rings is 2. The SMILES string of the molecule is CC(COc1ccc2cc3ccc(OCC(C)N(C)C)cc3nc2c1)N(C)C.[Fe]. The molecule has 158 valence electrons. The zero-order chi connectivity index (χ0) is 20.3. The molecule has 0 spiro atoms. The molecule has 0 N–H and O–H groups in total. The van der Waals surface area contributed by atoms with Crippen molar-refractivity contribution in [2.24, 2.45) is 0 Å². The number of pyridine rings is 1. The zero-order valence-corrected chi connectivity index (χ0v) is 19.2. The summed E-state index contributed by atoms with van der Waals surface area (Å²) in [5.74, 6) is 1.69. The van der Waals surface area contributed by atoms with E-state index < -0.39 is 0 Å². The molecule has 0 radical (unpaired) electrons. The molecule has 3 rings (SSSR count). The van der Waals surface area contributed by atoms with Crippen molar-refractivity contribution in [3.63, 3.8) is 0 Å². The van der Waals surface area contributed by atoms with Gasteiger partial charge in [0.2, 0.25) is 0 Å². The maximum absolute atomic E-state index is 5.95. The maximum Gasteiger partial charge on any atom is 0.121 e. The summed E-state index contributed by atoms with van der Waals surface area (Å²) in [5.41, 5.74) is 1.86. The van der Waals surface area contributed by atoms with Crippen LogP contribution in [0.5, 0.6) is 11.5 Å². The second-order valence-electron chi connectivity index (χ2n) is 7.94. The Morgan fingerprint density at radius 2 is 1.14 bits per heavy atom. The van der Waals surface area contributed by atoms with Crippen LogP contribution in [0.2, 0.25) is 0 Å². The van der Waals surface area contributed by atoms with Gasteiger partial charge in [0.25, 0.3) is 0 Å². The van der Waals surface area contributed by atoms with Crippen molar-refractivity contribution >= 4 is 21.8 Å². The first kappa shape index (κ1) is 23.4. The maximum atomic E-state index is 5.95. The first-order valence-electron chi connectivity index (χ1n) is 9.76. The van der Waals surface area contributed by atoms with Crippen LogP contribution in [-0.2, 0) is 17.1 Å². The van der Waals surface area contributed by atoms with Crippen LogP contribution in [0.4, 0.5) is 0 Å². The minimum atomic E-state index is 0. The number of nitrogens with zero attached hydrogens (tertiary/aromatic N) is 3. The summed E-state index contributed by atoms with van der Waals surface area (Å²) in [6, 6.07) is 15.1. The minimum Gasteiger partial charge on any atom is -0.492 e. The zero-order valence-electron chi connectivity index (χ0n) is 18.1. The Balaban J connectivity index is 0.00000300. The van der Waals surface area contributed by atoms with Gasteiger partial charge in [-0.1, -0.05) is 0 Å². The Kier molecular flexibility index (Phi) is 8.29. The number of fused-ring (bicyclic) bond motifs is 2. The number of rotatable bonds is 8. The van der Waals surface area contributed by atoms with Crippen LogP contribution in [-0.4, -0.2) is 68.3 Å². The summed E-state index contributed by atoms with van der Waals surface area (Å²) < 4.78 is 11.9. The first-order chi connectivity index (χ1) is 13.3. The second kappa shape index (κ2) is 10.3. The van der Waals surface area contributed by atoms with Crippen molar-refractivity contribution in [2.45, 2.75) is 25.9 Å². The smallest absolute Gasteiger partial charge is 0.121 e. The standard InChI is InChI=1S/C23H31N3O2.Fe/c1-16(25(3)4)14-27-20-9-7-18-11-19-8-10-21(28-15-17(2)26(5)6)13-23(19)24-22(18)12-20;/h7-13,16-17H,14-15H2,1-6H3;. The van der Waals surface area contributed by atoms with E-state index in [0.29, 0.717) is 25.3 Å². The molecule has 6 heteroatoms. The van der Waals surface area contributed by atoms with Crippen molar-refractivity contribution in [2.75, 3.05) is 41.4 Å². The largest absolute Gasteiger partial charge is 0.492 e. The van der Waals surface area contributed by atoms with Crippen molar-refractivity contribution in [3.8, 4) is 11.5 Å². The van der Waals surface area contributed by atoms with E-state index in [9.17, 15) is 0 Å². The van der Waals surface area contributed by atoms with Gasteiger partial charge in [0, 0.05) is 52.1 Å². The Morgan fingerprint density at radius 1 is 0.724 bits per heavy atom. The Hall–Kier alpha value is -1.85. The van der Waals surface area contributed by atoms with Crippen LogP contribution in [0.1, 0.15) is 13.8 Å². The molecule has 0 fully saturated rings. The molecule has 1 heterocycles. The van der Waals surface area contributed by atoms with Gasteiger partial charge in [-0.25, -0.2) is 4.98 Å². The van der Waals surface area contributed by atoms with Crippen LogP contribution < -0.4 is 9.47 Å². The summed E-state index contributed by atoms with van der Waals surface area (Å²) in [4.78, 5) is 9.13. The van der Waals surface area contributed by atoms with Crippen LogP contribution in [0.15, 0.2) is 42.5 Å². The van der Waals surface area contributed by atoms with E-state index in [1.54, 1.807) is 0 Å². The van der Waals surface area contributed by atoms with Gasteiger partial charge >= 0.3 is 0 Å². The van der Waals surface area contributed by atoms with Gasteiger partial charge in [-0.15, -0.1) is 0 Å². The van der Waals surface area contributed by atoms with Crippen molar-refractivity contribution in [1.29, 1.82) is 0 Å². The van der Waals surface area contributed by atoms with Gasteiger partial charge in [-0.2, -0.15) is 0 Å². The third-order valence-corrected chi connectivity index (χ3v) is 5.30. The molecule has 3 aromatic rings. The van der Waals surface area contributed by atoms with E-state index in [0.717, 1.165) is 33.3 Å². The summed E-state index contributed by atoms with van der Waals surface area (Å²) in [7, 11) is 8.23. The number of hydrogen-bond acceptors (Lipinski definition) is 5. The van der Waals surface area contributed by atoms with E-state index in [2.05, 4.69) is 70.0 Å². The second-order valence-corrected chi connectivity index (χ2v) is 7.94. The van der Waals surface area contributed by atoms with Gasteiger partial charge in [0.15, 0.2) is 0 Å². The Morgan fingerprint density at radius 3 is 1.52 bits per heavy atom. The topological polar surface area (TPSA) is 37.8 Å². The van der Waals surface area contributed by atoms with Crippen LogP contribution in [0.3, 0.4) is 0 Å². The summed E-state index contributed by atoms with van der Waals surface area (Å²) in [5, 5.41) is 2.21. The molecule has 2 unspecified atom stereocenters. The predicted octanol–water partition coefficient (Wildman–Crippen LogP) is 4.04. The monoisotopic (exact) mass is 437 g/mol. The average Bonchev–Trinajstić information content (AvgIpc) is 2.67. The van der Waals surface area contributed by atoms with Crippen molar-refractivity contribution < 1.29 is 26.5 Å².